The Morgan fingerprint density at radius 2 is 1.15 bits per heavy atom. The average Bonchev–Trinajstić information content (AvgIpc) is 3.01. The molecule has 0 unspecified atom stereocenters. The van der Waals surface area contributed by atoms with Crippen LogP contribution >= 0.6 is 0 Å². The summed E-state index contributed by atoms with van der Waals surface area (Å²) in [5, 5.41) is 12.4. The average molecular weight is 654 g/mol. The first kappa shape index (κ1) is 35.2. The number of aromatic carboxylic acids is 1. The van der Waals surface area contributed by atoms with Gasteiger partial charge in [-0.25, -0.2) is 14.8 Å². The molecule has 1 fully saturated rings. The molecule has 1 aliphatic rings. The summed E-state index contributed by atoms with van der Waals surface area (Å²) < 4.78 is 11.1. The SMILES string of the molecule is CC1(C)CC(CC(=O)c2ccc(Oc3ncccc3C(N)=O)cc2)CC(C)(C)N1.NC(=O)c1cccnc1Oc1ccc(C(=O)O)cc1. The maximum absolute atomic E-state index is 12.8. The number of ether oxygens (including phenoxy) is 2. The van der Waals surface area contributed by atoms with E-state index in [1.165, 1.54) is 42.7 Å². The number of benzene rings is 2. The number of nitrogens with zero attached hydrogens (tertiary/aromatic N) is 2. The lowest BCUT2D eigenvalue weighted by Crippen LogP contribution is -2.57. The standard InChI is InChI=1S/C23H29N3O3.C13H10N2O4/c1-22(2)13-15(14-23(3,4)26-22)12-19(27)16-7-9-17(10-8-16)29-21-18(20(24)28)6-5-11-25-21;14-11(16)10-2-1-7-15-12(10)19-9-5-3-8(4-6-9)13(17)18/h5-11,15,26H,12-14H2,1-4H3,(H2,24,28);1-7H,(H2,14,16)(H,17,18). The zero-order chi connectivity index (χ0) is 35.1. The van der Waals surface area contributed by atoms with Gasteiger partial charge in [-0.05, 0) is 119 Å². The molecule has 0 radical (unpaired) electrons. The van der Waals surface area contributed by atoms with Gasteiger partial charge in [-0.2, -0.15) is 0 Å². The fourth-order valence-corrected chi connectivity index (χ4v) is 5.98. The number of nitrogens with one attached hydrogen (secondary N) is 1. The van der Waals surface area contributed by atoms with E-state index in [1.807, 2.05) is 0 Å². The van der Waals surface area contributed by atoms with Crippen molar-refractivity contribution in [2.45, 2.75) is 58.0 Å². The highest BCUT2D eigenvalue weighted by Gasteiger charge is 2.38. The molecule has 2 amide bonds. The number of nitrogens with two attached hydrogens (primary N) is 2. The van der Waals surface area contributed by atoms with Gasteiger partial charge in [0.25, 0.3) is 11.8 Å². The molecule has 12 nitrogen and oxygen atoms in total. The summed E-state index contributed by atoms with van der Waals surface area (Å²) in [7, 11) is 0. The third-order valence-corrected chi connectivity index (χ3v) is 7.53. The molecule has 4 aromatic rings. The van der Waals surface area contributed by atoms with Crippen LogP contribution in [0.15, 0.2) is 85.2 Å². The van der Waals surface area contributed by atoms with E-state index in [0.717, 1.165) is 12.8 Å². The van der Waals surface area contributed by atoms with Crippen LogP contribution in [0, 0.1) is 5.92 Å². The molecular formula is C36H39N5O7. The number of pyridine rings is 2. The largest absolute Gasteiger partial charge is 0.478 e. The third kappa shape index (κ3) is 9.69. The Bertz CT molecular complexity index is 1770. The van der Waals surface area contributed by atoms with E-state index in [2.05, 4.69) is 43.0 Å². The van der Waals surface area contributed by atoms with Gasteiger partial charge >= 0.3 is 5.97 Å². The van der Waals surface area contributed by atoms with Crippen LogP contribution < -0.4 is 26.3 Å². The number of carboxylic acids is 1. The predicted molar refractivity (Wildman–Crippen MR) is 178 cm³/mol. The van der Waals surface area contributed by atoms with E-state index in [-0.39, 0.29) is 45.3 Å². The first-order valence-corrected chi connectivity index (χ1v) is 15.2. The maximum atomic E-state index is 12.8. The van der Waals surface area contributed by atoms with Crippen molar-refractivity contribution in [2.24, 2.45) is 17.4 Å². The molecule has 2 aromatic heterocycles. The van der Waals surface area contributed by atoms with Gasteiger partial charge in [-0.15, -0.1) is 0 Å². The lowest BCUT2D eigenvalue weighted by molar-refractivity contribution is 0.0695. The minimum absolute atomic E-state index is 0.0191. The predicted octanol–water partition coefficient (Wildman–Crippen LogP) is 5.77. The number of aromatic nitrogens is 2. The number of carbonyl (C=O) groups is 4. The minimum Gasteiger partial charge on any atom is -0.478 e. The van der Waals surface area contributed by atoms with Gasteiger partial charge in [0.2, 0.25) is 11.8 Å². The molecule has 2 aromatic carbocycles. The lowest BCUT2D eigenvalue weighted by Gasteiger charge is -2.46. The van der Waals surface area contributed by atoms with Gasteiger partial charge in [0.1, 0.15) is 22.6 Å². The third-order valence-electron chi connectivity index (χ3n) is 7.53. The molecular weight excluding hydrogens is 614 g/mol. The first-order valence-electron chi connectivity index (χ1n) is 15.2. The van der Waals surface area contributed by atoms with Gasteiger partial charge in [0.15, 0.2) is 5.78 Å². The normalized spacial score (nSPS) is 14.9. The molecule has 0 aliphatic carbocycles. The second-order valence-corrected chi connectivity index (χ2v) is 12.8. The summed E-state index contributed by atoms with van der Waals surface area (Å²) in [6.07, 6.45) is 5.47. The summed E-state index contributed by atoms with van der Waals surface area (Å²) in [6.45, 7) is 8.76. The molecule has 1 aliphatic heterocycles. The van der Waals surface area contributed by atoms with Crippen molar-refractivity contribution in [3.05, 3.63) is 107 Å². The Hall–Kier alpha value is -5.62. The van der Waals surface area contributed by atoms with Crippen LogP contribution in [0.25, 0.3) is 0 Å². The van der Waals surface area contributed by atoms with Gasteiger partial charge < -0.3 is 31.4 Å². The first-order chi connectivity index (χ1) is 22.6. The number of carboxylic acid groups (broad SMARTS) is 1. The van der Waals surface area contributed by atoms with E-state index >= 15 is 0 Å². The van der Waals surface area contributed by atoms with Crippen molar-refractivity contribution >= 4 is 23.6 Å². The maximum Gasteiger partial charge on any atom is 0.335 e. The number of hydrogen-bond donors (Lipinski definition) is 4. The highest BCUT2D eigenvalue weighted by Crippen LogP contribution is 2.35. The van der Waals surface area contributed by atoms with E-state index in [9.17, 15) is 19.2 Å². The Balaban J connectivity index is 0.000000237. The van der Waals surface area contributed by atoms with Gasteiger partial charge in [-0.3, -0.25) is 14.4 Å². The number of carbonyl (C=O) groups excluding carboxylic acids is 3. The molecule has 5 rings (SSSR count). The molecule has 3 heterocycles. The lowest BCUT2D eigenvalue weighted by atomic mass is 9.74. The van der Waals surface area contributed by atoms with Crippen molar-refractivity contribution < 1.29 is 33.8 Å². The highest BCUT2D eigenvalue weighted by atomic mass is 16.5. The molecule has 1 saturated heterocycles. The number of ketones is 1. The smallest absolute Gasteiger partial charge is 0.335 e. The van der Waals surface area contributed by atoms with E-state index in [4.69, 9.17) is 26.0 Å². The van der Waals surface area contributed by atoms with Crippen molar-refractivity contribution in [3.63, 3.8) is 0 Å². The fourth-order valence-electron chi connectivity index (χ4n) is 5.98. The highest BCUT2D eigenvalue weighted by molar-refractivity contribution is 5.97. The fraction of sp³-hybridized carbons (Fsp3) is 0.278. The van der Waals surface area contributed by atoms with Crippen LogP contribution in [0.5, 0.6) is 23.3 Å². The van der Waals surface area contributed by atoms with E-state index < -0.39 is 17.8 Å². The Kier molecular flexibility index (Phi) is 10.9. The number of amides is 2. The quantitative estimate of drug-likeness (QED) is 0.152. The number of Topliss-reactive ketones (excluding diaryl/α,β-unsaturated/α-hetero) is 1. The number of primary amides is 2. The Morgan fingerprint density at radius 3 is 1.54 bits per heavy atom. The van der Waals surface area contributed by atoms with Crippen LogP contribution in [0.3, 0.4) is 0 Å². The van der Waals surface area contributed by atoms with E-state index in [0.29, 0.717) is 29.4 Å². The molecule has 48 heavy (non-hydrogen) atoms. The van der Waals surface area contributed by atoms with Gasteiger partial charge in [-0.1, -0.05) is 0 Å². The summed E-state index contributed by atoms with van der Waals surface area (Å²) in [5.41, 5.74) is 11.8. The monoisotopic (exact) mass is 653 g/mol. The molecule has 250 valence electrons. The second-order valence-electron chi connectivity index (χ2n) is 12.8. The molecule has 0 spiro atoms. The topological polar surface area (TPSA) is 197 Å². The van der Waals surface area contributed by atoms with Gasteiger partial charge in [0, 0.05) is 35.5 Å². The van der Waals surface area contributed by atoms with Crippen LogP contribution in [-0.2, 0) is 0 Å². The molecule has 0 bridgehead atoms. The Labute approximate surface area is 278 Å². The van der Waals surface area contributed by atoms with E-state index in [1.54, 1.807) is 42.5 Å². The zero-order valence-electron chi connectivity index (χ0n) is 27.2. The van der Waals surface area contributed by atoms with Gasteiger partial charge in [0.05, 0.1) is 5.56 Å². The van der Waals surface area contributed by atoms with Crippen LogP contribution in [0.4, 0.5) is 0 Å². The van der Waals surface area contributed by atoms with Crippen LogP contribution in [0.1, 0.15) is 88.4 Å². The Morgan fingerprint density at radius 1 is 0.729 bits per heavy atom. The van der Waals surface area contributed by atoms with Crippen LogP contribution in [-0.4, -0.2) is 49.7 Å². The molecule has 12 heteroatoms. The summed E-state index contributed by atoms with van der Waals surface area (Å²) in [6, 6.07) is 18.9. The second kappa shape index (κ2) is 14.9. The minimum atomic E-state index is -1.03. The van der Waals surface area contributed by atoms with Crippen molar-refractivity contribution in [1.29, 1.82) is 0 Å². The number of rotatable bonds is 10. The zero-order valence-corrected chi connectivity index (χ0v) is 27.2. The summed E-state index contributed by atoms with van der Waals surface area (Å²) >= 11 is 0. The van der Waals surface area contributed by atoms with Crippen molar-refractivity contribution in [2.75, 3.05) is 0 Å². The number of piperidine rings is 1. The molecule has 6 N–H and O–H groups in total. The summed E-state index contributed by atoms with van der Waals surface area (Å²) in [5.74, 6) is -0.711. The van der Waals surface area contributed by atoms with Crippen molar-refractivity contribution in [1.82, 2.24) is 15.3 Å². The van der Waals surface area contributed by atoms with Crippen molar-refractivity contribution in [3.8, 4) is 23.3 Å². The number of hydrogen-bond acceptors (Lipinski definition) is 9. The summed E-state index contributed by atoms with van der Waals surface area (Å²) in [4.78, 5) is 54.2. The molecule has 0 atom stereocenters. The molecule has 0 saturated carbocycles. The van der Waals surface area contributed by atoms with Crippen LogP contribution in [0.2, 0.25) is 0 Å².